The fourth-order valence-electron chi connectivity index (χ4n) is 1.86. The Hall–Kier alpha value is -2.73. The minimum absolute atomic E-state index is 0.0934. The molecule has 0 bridgehead atoms. The van der Waals surface area contributed by atoms with Crippen LogP contribution in [0.4, 0.5) is 5.69 Å². The predicted octanol–water partition coefficient (Wildman–Crippen LogP) is 3.53. The van der Waals surface area contributed by atoms with Crippen molar-refractivity contribution in [1.82, 2.24) is 0 Å². The summed E-state index contributed by atoms with van der Waals surface area (Å²) in [6, 6.07) is 8.44. The molecule has 2 aromatic rings. The van der Waals surface area contributed by atoms with E-state index in [0.717, 1.165) is 5.56 Å². The van der Waals surface area contributed by atoms with E-state index in [1.807, 2.05) is 16.8 Å². The van der Waals surface area contributed by atoms with Gasteiger partial charge in [0.1, 0.15) is 0 Å². The number of carbonyl (C=O) groups excluding carboxylic acids is 3. The van der Waals surface area contributed by atoms with Crippen LogP contribution in [0.5, 0.6) is 0 Å². The fourth-order valence-corrected chi connectivity index (χ4v) is 2.49. The third kappa shape index (κ3) is 5.17. The number of ketones is 1. The zero-order valence-corrected chi connectivity index (χ0v) is 14.1. The van der Waals surface area contributed by atoms with Gasteiger partial charge in [0.05, 0.1) is 0 Å². The van der Waals surface area contributed by atoms with E-state index in [0.29, 0.717) is 11.3 Å². The summed E-state index contributed by atoms with van der Waals surface area (Å²) in [5.41, 5.74) is 1.87. The van der Waals surface area contributed by atoms with E-state index in [4.69, 9.17) is 4.74 Å². The van der Waals surface area contributed by atoms with Crippen LogP contribution >= 0.6 is 11.3 Å². The number of nitrogens with one attached hydrogen (secondary N) is 1. The molecule has 0 aliphatic rings. The van der Waals surface area contributed by atoms with Crippen molar-refractivity contribution in [3.05, 3.63) is 58.3 Å². The molecule has 5 nitrogen and oxygen atoms in total. The maximum Gasteiger partial charge on any atom is 0.331 e. The summed E-state index contributed by atoms with van der Waals surface area (Å²) in [5.74, 6) is -1.15. The Morgan fingerprint density at radius 1 is 1.25 bits per heavy atom. The van der Waals surface area contributed by atoms with Crippen LogP contribution in [-0.2, 0) is 14.3 Å². The first-order valence-electron chi connectivity index (χ1n) is 7.28. The van der Waals surface area contributed by atoms with Gasteiger partial charge in [-0.1, -0.05) is 12.1 Å². The highest BCUT2D eigenvalue weighted by molar-refractivity contribution is 7.08. The van der Waals surface area contributed by atoms with E-state index in [9.17, 15) is 14.4 Å². The first kappa shape index (κ1) is 17.6. The Bertz CT molecular complexity index is 765. The van der Waals surface area contributed by atoms with Gasteiger partial charge in [-0.2, -0.15) is 11.3 Å². The number of amides is 1. The normalized spacial score (nSPS) is 11.9. The molecule has 1 atom stereocenters. The maximum atomic E-state index is 12.1. The molecule has 0 unspecified atom stereocenters. The molecule has 0 radical (unpaired) electrons. The third-order valence-corrected chi connectivity index (χ3v) is 3.86. The SMILES string of the molecule is CC(=O)c1cccc(NC(=O)[C@H](C)OC(=O)/C=C/c2ccsc2)c1. The number of hydrogen-bond acceptors (Lipinski definition) is 5. The van der Waals surface area contributed by atoms with Crippen LogP contribution in [0.25, 0.3) is 6.08 Å². The highest BCUT2D eigenvalue weighted by Crippen LogP contribution is 2.12. The second kappa shape index (κ2) is 8.21. The number of Topliss-reactive ketones (excluding diaryl/α,β-unsaturated/α-hetero) is 1. The van der Waals surface area contributed by atoms with Crippen LogP contribution in [0.3, 0.4) is 0 Å². The Kier molecular flexibility index (Phi) is 6.03. The molecule has 1 amide bonds. The van der Waals surface area contributed by atoms with Crippen LogP contribution in [0.1, 0.15) is 29.8 Å². The van der Waals surface area contributed by atoms with Crippen molar-refractivity contribution >= 4 is 40.8 Å². The Labute approximate surface area is 144 Å². The van der Waals surface area contributed by atoms with Gasteiger partial charge < -0.3 is 10.1 Å². The van der Waals surface area contributed by atoms with Gasteiger partial charge in [-0.25, -0.2) is 4.79 Å². The topological polar surface area (TPSA) is 72.5 Å². The zero-order chi connectivity index (χ0) is 17.5. The van der Waals surface area contributed by atoms with Gasteiger partial charge in [0.2, 0.25) is 0 Å². The van der Waals surface area contributed by atoms with Crippen molar-refractivity contribution < 1.29 is 19.1 Å². The standard InChI is InChI=1S/C18H17NO4S/c1-12(20)15-4-3-5-16(10-15)19-18(22)13(2)23-17(21)7-6-14-8-9-24-11-14/h3-11,13H,1-2H3,(H,19,22)/b7-6+/t13-/m0/s1. The molecule has 1 heterocycles. The van der Waals surface area contributed by atoms with Crippen molar-refractivity contribution in [3.8, 4) is 0 Å². The van der Waals surface area contributed by atoms with Crippen molar-refractivity contribution in [2.45, 2.75) is 20.0 Å². The lowest BCUT2D eigenvalue weighted by atomic mass is 10.1. The van der Waals surface area contributed by atoms with E-state index < -0.39 is 18.0 Å². The Morgan fingerprint density at radius 3 is 2.71 bits per heavy atom. The molecule has 6 heteroatoms. The van der Waals surface area contributed by atoms with E-state index in [1.165, 1.54) is 31.3 Å². The molecule has 0 aliphatic carbocycles. The number of carbonyl (C=O) groups is 3. The molecule has 0 saturated heterocycles. The summed E-state index contributed by atoms with van der Waals surface area (Å²) < 4.78 is 5.06. The summed E-state index contributed by atoms with van der Waals surface area (Å²) in [6.07, 6.45) is 1.95. The minimum Gasteiger partial charge on any atom is -0.449 e. The van der Waals surface area contributed by atoms with Gasteiger partial charge in [0.15, 0.2) is 11.9 Å². The molecule has 1 N–H and O–H groups in total. The lowest BCUT2D eigenvalue weighted by Gasteiger charge is -2.12. The molecular weight excluding hydrogens is 326 g/mol. The lowest BCUT2D eigenvalue weighted by Crippen LogP contribution is -2.29. The summed E-state index contributed by atoms with van der Waals surface area (Å²) in [6.45, 7) is 2.94. The molecule has 0 fully saturated rings. The summed E-state index contributed by atoms with van der Waals surface area (Å²) in [5, 5.41) is 6.41. The van der Waals surface area contributed by atoms with E-state index >= 15 is 0 Å². The van der Waals surface area contributed by atoms with Gasteiger partial charge in [-0.05, 0) is 54.4 Å². The number of anilines is 1. The molecule has 1 aromatic heterocycles. The number of esters is 1. The van der Waals surface area contributed by atoms with Gasteiger partial charge in [0.25, 0.3) is 5.91 Å². The number of ether oxygens (including phenoxy) is 1. The Balaban J connectivity index is 1.91. The highest BCUT2D eigenvalue weighted by atomic mass is 32.1. The second-order valence-electron chi connectivity index (χ2n) is 5.10. The average molecular weight is 343 g/mol. The van der Waals surface area contributed by atoms with E-state index in [2.05, 4.69) is 5.32 Å². The van der Waals surface area contributed by atoms with Gasteiger partial charge >= 0.3 is 5.97 Å². The lowest BCUT2D eigenvalue weighted by molar-refractivity contribution is -0.148. The first-order chi connectivity index (χ1) is 11.5. The smallest absolute Gasteiger partial charge is 0.331 e. The molecule has 24 heavy (non-hydrogen) atoms. The van der Waals surface area contributed by atoms with Crippen LogP contribution in [-0.4, -0.2) is 23.8 Å². The third-order valence-electron chi connectivity index (χ3n) is 3.15. The zero-order valence-electron chi connectivity index (χ0n) is 13.3. The van der Waals surface area contributed by atoms with Crippen molar-refractivity contribution in [3.63, 3.8) is 0 Å². The summed E-state index contributed by atoms with van der Waals surface area (Å²) >= 11 is 1.52. The molecule has 124 valence electrons. The van der Waals surface area contributed by atoms with Crippen molar-refractivity contribution in [2.75, 3.05) is 5.32 Å². The van der Waals surface area contributed by atoms with Crippen LogP contribution in [0.2, 0.25) is 0 Å². The van der Waals surface area contributed by atoms with Gasteiger partial charge in [-0.15, -0.1) is 0 Å². The average Bonchev–Trinajstić information content (AvgIpc) is 3.06. The Morgan fingerprint density at radius 2 is 2.04 bits per heavy atom. The van der Waals surface area contributed by atoms with Crippen molar-refractivity contribution in [1.29, 1.82) is 0 Å². The highest BCUT2D eigenvalue weighted by Gasteiger charge is 2.17. The quantitative estimate of drug-likeness (QED) is 0.495. The van der Waals surface area contributed by atoms with Crippen molar-refractivity contribution in [2.24, 2.45) is 0 Å². The monoisotopic (exact) mass is 343 g/mol. The molecule has 2 rings (SSSR count). The van der Waals surface area contributed by atoms with E-state index in [1.54, 1.807) is 30.3 Å². The largest absolute Gasteiger partial charge is 0.449 e. The van der Waals surface area contributed by atoms with Gasteiger partial charge in [-0.3, -0.25) is 9.59 Å². The number of rotatable bonds is 6. The van der Waals surface area contributed by atoms with Crippen LogP contribution < -0.4 is 5.32 Å². The number of benzene rings is 1. The second-order valence-corrected chi connectivity index (χ2v) is 5.88. The number of hydrogen-bond donors (Lipinski definition) is 1. The van der Waals surface area contributed by atoms with Crippen LogP contribution in [0, 0.1) is 0 Å². The van der Waals surface area contributed by atoms with Gasteiger partial charge in [0, 0.05) is 17.3 Å². The molecule has 0 aliphatic heterocycles. The molecular formula is C18H17NO4S. The van der Waals surface area contributed by atoms with E-state index in [-0.39, 0.29) is 5.78 Å². The minimum atomic E-state index is -0.953. The fraction of sp³-hybridized carbons (Fsp3) is 0.167. The molecule has 1 aromatic carbocycles. The molecule has 0 saturated carbocycles. The number of thiophene rings is 1. The van der Waals surface area contributed by atoms with Crippen LogP contribution in [0.15, 0.2) is 47.2 Å². The first-order valence-corrected chi connectivity index (χ1v) is 8.23. The molecule has 0 spiro atoms. The summed E-state index contributed by atoms with van der Waals surface area (Å²) in [4.78, 5) is 35.1. The predicted molar refractivity (Wildman–Crippen MR) is 94.0 cm³/mol. The maximum absolute atomic E-state index is 12.1. The summed E-state index contributed by atoms with van der Waals surface area (Å²) in [7, 11) is 0.